The van der Waals surface area contributed by atoms with E-state index >= 15 is 0 Å². The van der Waals surface area contributed by atoms with Crippen LogP contribution >= 0.6 is 24.3 Å². The largest absolute Gasteiger partial charge is 0.324 e. The van der Waals surface area contributed by atoms with Gasteiger partial charge in [0.25, 0.3) is 0 Å². The predicted octanol–water partition coefficient (Wildman–Crippen LogP) is 0.454. The molecule has 0 aliphatic heterocycles. The first-order chi connectivity index (χ1) is 2.81. The van der Waals surface area contributed by atoms with Gasteiger partial charge in [0.1, 0.15) is 0 Å². The molecule has 0 aliphatic rings. The van der Waals surface area contributed by atoms with Gasteiger partial charge < -0.3 is 4.55 Å². The van der Waals surface area contributed by atoms with E-state index in [1.807, 2.05) is 0 Å². The maximum Gasteiger partial charge on any atom is 0.184 e. The molecule has 0 amide bonds. The predicted molar refractivity (Wildman–Crippen MR) is 27.7 cm³/mol. The van der Waals surface area contributed by atoms with E-state index in [0.717, 1.165) is 0 Å². The van der Waals surface area contributed by atoms with E-state index < -0.39 is 0 Å². The molecule has 6 heteroatoms. The van der Waals surface area contributed by atoms with E-state index in [1.54, 1.807) is 5.48 Å². The monoisotopic (exact) mass is 189 g/mol. The quantitative estimate of drug-likeness (QED) is 0.224. The van der Waals surface area contributed by atoms with E-state index in [-0.39, 0.29) is 23.8 Å². The molecule has 0 fully saturated rings. The average Bonchev–Trinajstić information content (AvgIpc) is 1.65. The third-order valence-corrected chi connectivity index (χ3v) is 0.746. The molecular formula is CH3NO2S2Zn. The van der Waals surface area contributed by atoms with Crippen molar-refractivity contribution in [2.75, 3.05) is 0 Å². The summed E-state index contributed by atoms with van der Waals surface area (Å²) < 4.78 is 7.84. The number of hydrogen-bond acceptors (Lipinski definition) is 4. The summed E-state index contributed by atoms with van der Waals surface area (Å²) in [5.74, 6) is 0. The first-order valence-electron chi connectivity index (χ1n) is 1.06. The van der Waals surface area contributed by atoms with E-state index in [9.17, 15) is 0 Å². The molecule has 0 aliphatic carbocycles. The van der Waals surface area contributed by atoms with Crippen LogP contribution in [0.15, 0.2) is 0 Å². The first kappa shape index (κ1) is 10.7. The molecule has 0 saturated carbocycles. The maximum absolute atomic E-state index is 7.89. The van der Waals surface area contributed by atoms with Crippen molar-refractivity contribution in [2.24, 2.45) is 0 Å². The van der Waals surface area contributed by atoms with Gasteiger partial charge in [-0.15, -0.1) is 0 Å². The van der Waals surface area contributed by atoms with Crippen LogP contribution in [-0.4, -0.2) is 14.1 Å². The zero-order valence-electron chi connectivity index (χ0n) is 3.42. The van der Waals surface area contributed by atoms with E-state index in [4.69, 9.17) is 9.76 Å². The molecule has 0 heterocycles. The number of thiocarbonyl (C=S) groups is 1. The fourth-order valence-electron chi connectivity index (χ4n) is 0.0204. The summed E-state index contributed by atoms with van der Waals surface area (Å²) in [6.45, 7) is 0. The van der Waals surface area contributed by atoms with Crippen molar-refractivity contribution in [3.05, 3.63) is 0 Å². The van der Waals surface area contributed by atoms with Gasteiger partial charge in [-0.05, 0) is 12.2 Å². The third kappa shape index (κ3) is 6.78. The first-order valence-corrected chi connectivity index (χ1v) is 2.25. The Labute approximate surface area is 63.4 Å². The molecular weight excluding hydrogens is 188 g/mol. The van der Waals surface area contributed by atoms with Gasteiger partial charge in [-0.25, -0.2) is 0 Å². The second-order valence-corrected chi connectivity index (χ2v) is 1.75. The molecule has 0 aromatic carbocycles. The third-order valence-electron chi connectivity index (χ3n) is 0.174. The summed E-state index contributed by atoms with van der Waals surface area (Å²) in [6, 6.07) is 0. The molecule has 0 atom stereocenters. The van der Waals surface area contributed by atoms with Gasteiger partial charge in [-0.1, -0.05) is 0 Å². The number of rotatable bonds is 0. The smallest absolute Gasteiger partial charge is 0.184 e. The summed E-state index contributed by atoms with van der Waals surface area (Å²) in [5, 5.41) is 7.76. The number of hydrogen-bond donors (Lipinski definition) is 3. The van der Waals surface area contributed by atoms with Gasteiger partial charge in [0, 0.05) is 19.5 Å². The topological polar surface area (TPSA) is 52.5 Å². The fourth-order valence-corrected chi connectivity index (χ4v) is 0.0612. The number of hydroxylamine groups is 1. The SMILES string of the molecule is ONC(=S)SO.[Zn]. The van der Waals surface area contributed by atoms with Crippen molar-refractivity contribution >= 4 is 28.6 Å². The van der Waals surface area contributed by atoms with Crippen LogP contribution in [0.3, 0.4) is 0 Å². The Kier molecular flexibility index (Phi) is 10.4. The molecule has 0 saturated heterocycles. The summed E-state index contributed by atoms with van der Waals surface area (Å²) in [4.78, 5) is 0. The Morgan fingerprint density at radius 2 is 2.14 bits per heavy atom. The zero-order valence-corrected chi connectivity index (χ0v) is 8.02. The van der Waals surface area contributed by atoms with Crippen molar-refractivity contribution in [2.45, 2.75) is 0 Å². The second kappa shape index (κ2) is 6.78. The van der Waals surface area contributed by atoms with Gasteiger partial charge in [0.15, 0.2) is 4.32 Å². The summed E-state index contributed by atoms with van der Waals surface area (Å²) in [5.41, 5.74) is 1.56. The Morgan fingerprint density at radius 1 is 1.71 bits per heavy atom. The van der Waals surface area contributed by atoms with Crippen LogP contribution in [0.25, 0.3) is 0 Å². The molecule has 0 bridgehead atoms. The van der Waals surface area contributed by atoms with Crippen LogP contribution in [0.5, 0.6) is 0 Å². The molecule has 3 N–H and O–H groups in total. The van der Waals surface area contributed by atoms with Crippen LogP contribution in [0.1, 0.15) is 0 Å². The summed E-state index contributed by atoms with van der Waals surface area (Å²) >= 11 is 4.50. The summed E-state index contributed by atoms with van der Waals surface area (Å²) in [6.07, 6.45) is 0. The minimum Gasteiger partial charge on any atom is -0.324 e. The Hall–Kier alpha value is 0.783. The van der Waals surface area contributed by atoms with E-state index in [1.165, 1.54) is 0 Å². The molecule has 0 spiro atoms. The molecule has 0 aromatic heterocycles. The number of nitrogens with one attached hydrogen (secondary N) is 1. The molecule has 0 radical (unpaired) electrons. The minimum atomic E-state index is -0.0463. The summed E-state index contributed by atoms with van der Waals surface area (Å²) in [7, 11) is 0. The Bertz CT molecular complexity index is 53.7. The van der Waals surface area contributed by atoms with Crippen molar-refractivity contribution in [1.29, 1.82) is 0 Å². The Balaban J connectivity index is 0. The van der Waals surface area contributed by atoms with Crippen LogP contribution < -0.4 is 5.48 Å². The molecule has 7 heavy (non-hydrogen) atoms. The maximum atomic E-state index is 7.89. The van der Waals surface area contributed by atoms with Gasteiger partial charge in [0.05, 0.1) is 12.0 Å². The average molecular weight is 191 g/mol. The van der Waals surface area contributed by atoms with Crippen LogP contribution in [0.4, 0.5) is 0 Å². The fraction of sp³-hybridized carbons (Fsp3) is 0. The zero-order chi connectivity index (χ0) is 4.99. The normalized spacial score (nSPS) is 6.57. The molecule has 0 unspecified atom stereocenters. The van der Waals surface area contributed by atoms with Crippen LogP contribution in [0.2, 0.25) is 0 Å². The van der Waals surface area contributed by atoms with Crippen molar-refractivity contribution in [1.82, 2.24) is 5.48 Å². The van der Waals surface area contributed by atoms with E-state index in [0.29, 0.717) is 12.0 Å². The van der Waals surface area contributed by atoms with Crippen molar-refractivity contribution in [3.8, 4) is 0 Å². The molecule has 3 nitrogen and oxygen atoms in total. The van der Waals surface area contributed by atoms with E-state index in [2.05, 4.69) is 12.2 Å². The van der Waals surface area contributed by atoms with Gasteiger partial charge in [0.2, 0.25) is 0 Å². The molecule has 0 rings (SSSR count). The molecule has 38 valence electrons. The second-order valence-electron chi connectivity index (χ2n) is 0.491. The standard InChI is InChI=1S/CH3NO2S2.Zn/c3-2-1(5)6-4;/h3-4H,(H,2,5);. The van der Waals surface area contributed by atoms with Crippen molar-refractivity contribution < 1.29 is 29.2 Å². The van der Waals surface area contributed by atoms with Gasteiger partial charge in [-0.2, -0.15) is 0 Å². The van der Waals surface area contributed by atoms with Gasteiger partial charge >= 0.3 is 0 Å². The molecule has 0 aromatic rings. The minimum absolute atomic E-state index is 0. The van der Waals surface area contributed by atoms with Crippen LogP contribution in [0, 0.1) is 0 Å². The Morgan fingerprint density at radius 3 is 2.14 bits per heavy atom. The van der Waals surface area contributed by atoms with Crippen LogP contribution in [-0.2, 0) is 19.5 Å². The van der Waals surface area contributed by atoms with Gasteiger partial charge in [-0.3, -0.25) is 10.7 Å². The van der Waals surface area contributed by atoms with Crippen molar-refractivity contribution in [3.63, 3.8) is 0 Å².